The van der Waals surface area contributed by atoms with Crippen LogP contribution in [0.5, 0.6) is 0 Å². The fourth-order valence-corrected chi connectivity index (χ4v) is 5.15. The highest BCUT2D eigenvalue weighted by molar-refractivity contribution is 5.98. The number of ether oxygens (including phenoxy) is 1. The molecule has 1 spiro atoms. The second-order valence-electron chi connectivity index (χ2n) is 7.63. The van der Waals surface area contributed by atoms with Gasteiger partial charge in [0, 0.05) is 20.1 Å². The third-order valence-electron chi connectivity index (χ3n) is 6.25. The van der Waals surface area contributed by atoms with Gasteiger partial charge in [-0.05, 0) is 18.4 Å². The van der Waals surface area contributed by atoms with Gasteiger partial charge in [-0.2, -0.15) is 0 Å². The van der Waals surface area contributed by atoms with Gasteiger partial charge in [-0.15, -0.1) is 0 Å². The van der Waals surface area contributed by atoms with Crippen LogP contribution in [0.3, 0.4) is 0 Å². The fraction of sp³-hybridized carbons (Fsp3) is 0.550. The molecule has 2 unspecified atom stereocenters. The lowest BCUT2D eigenvalue weighted by Gasteiger charge is -2.33. The summed E-state index contributed by atoms with van der Waals surface area (Å²) in [5.74, 6) is -2.13. The molecule has 4 rings (SSSR count). The van der Waals surface area contributed by atoms with Crippen LogP contribution in [0.1, 0.15) is 18.4 Å². The van der Waals surface area contributed by atoms with E-state index in [-0.39, 0.29) is 37.0 Å². The van der Waals surface area contributed by atoms with E-state index in [2.05, 4.69) is 10.6 Å². The summed E-state index contributed by atoms with van der Waals surface area (Å²) >= 11 is 0. The number of nitrogens with one attached hydrogen (secondary N) is 2. The van der Waals surface area contributed by atoms with Crippen LogP contribution >= 0.6 is 0 Å². The molecule has 0 radical (unpaired) electrons. The molecule has 2 bridgehead atoms. The standard InChI is InChI=1S/C20H25N3O5/c1-21-17(25)14-13-7-8-20(28-13)15(14)19(27)23(9-10-24)16(20)18(26)22-11-12-5-3-2-4-6-12/h2-6,13-16,24H,7-11H2,1H3,(H,21,25)(H,22,26)/t13-,14+,15-,16?,20?/m0/s1. The Morgan fingerprint density at radius 3 is 2.71 bits per heavy atom. The number of hydrogen-bond donors (Lipinski definition) is 3. The average molecular weight is 387 g/mol. The number of fused-ring (bicyclic) bond motifs is 1. The molecule has 1 aromatic carbocycles. The zero-order valence-corrected chi connectivity index (χ0v) is 15.8. The molecule has 3 aliphatic heterocycles. The second-order valence-corrected chi connectivity index (χ2v) is 7.63. The van der Waals surface area contributed by atoms with E-state index in [4.69, 9.17) is 4.74 Å². The van der Waals surface area contributed by atoms with Crippen molar-refractivity contribution in [2.45, 2.75) is 37.1 Å². The van der Waals surface area contributed by atoms with Gasteiger partial charge in [0.25, 0.3) is 0 Å². The highest BCUT2D eigenvalue weighted by atomic mass is 16.5. The Morgan fingerprint density at radius 1 is 1.29 bits per heavy atom. The molecular formula is C20H25N3O5. The Bertz CT molecular complexity index is 785. The number of rotatable bonds is 6. The first kappa shape index (κ1) is 18.9. The first-order chi connectivity index (χ1) is 13.5. The zero-order valence-electron chi connectivity index (χ0n) is 15.8. The molecule has 8 heteroatoms. The number of likely N-dealkylation sites (tertiary alicyclic amines) is 1. The number of carbonyl (C=O) groups is 3. The minimum absolute atomic E-state index is 0.0367. The van der Waals surface area contributed by atoms with Crippen LogP contribution < -0.4 is 10.6 Å². The summed E-state index contributed by atoms with van der Waals surface area (Å²) in [5.41, 5.74) is -0.0580. The summed E-state index contributed by atoms with van der Waals surface area (Å²) in [4.78, 5) is 40.1. The maximum atomic E-state index is 13.2. The highest BCUT2D eigenvalue weighted by Gasteiger charge is 2.74. The van der Waals surface area contributed by atoms with Crippen LogP contribution in [0.25, 0.3) is 0 Å². The summed E-state index contributed by atoms with van der Waals surface area (Å²) in [6.07, 6.45) is 0.833. The Balaban J connectivity index is 1.62. The van der Waals surface area contributed by atoms with Crippen LogP contribution in [0.4, 0.5) is 0 Å². The van der Waals surface area contributed by atoms with Crippen molar-refractivity contribution in [3.63, 3.8) is 0 Å². The molecule has 28 heavy (non-hydrogen) atoms. The van der Waals surface area contributed by atoms with Gasteiger partial charge in [-0.3, -0.25) is 14.4 Å². The molecule has 8 nitrogen and oxygen atoms in total. The number of nitrogens with zero attached hydrogens (tertiary/aromatic N) is 1. The quantitative estimate of drug-likeness (QED) is 0.605. The highest BCUT2D eigenvalue weighted by Crippen LogP contribution is 2.58. The van der Waals surface area contributed by atoms with Crippen molar-refractivity contribution in [1.82, 2.24) is 15.5 Å². The van der Waals surface area contributed by atoms with Crippen molar-refractivity contribution in [3.8, 4) is 0 Å². The monoisotopic (exact) mass is 387 g/mol. The van der Waals surface area contributed by atoms with E-state index in [1.54, 1.807) is 0 Å². The number of carbonyl (C=O) groups excluding carboxylic acids is 3. The molecule has 3 heterocycles. The van der Waals surface area contributed by atoms with Gasteiger partial charge in [0.15, 0.2) is 0 Å². The minimum atomic E-state index is -1.01. The zero-order chi connectivity index (χ0) is 19.9. The average Bonchev–Trinajstić information content (AvgIpc) is 3.35. The van der Waals surface area contributed by atoms with E-state index >= 15 is 0 Å². The Kier molecular flexibility index (Phi) is 4.84. The molecule has 3 amide bonds. The molecule has 1 aromatic rings. The third-order valence-corrected chi connectivity index (χ3v) is 6.25. The van der Waals surface area contributed by atoms with Crippen LogP contribution in [-0.4, -0.2) is 65.7 Å². The van der Waals surface area contributed by atoms with E-state index in [0.29, 0.717) is 19.4 Å². The van der Waals surface area contributed by atoms with Crippen molar-refractivity contribution in [2.75, 3.05) is 20.2 Å². The predicted molar refractivity (Wildman–Crippen MR) is 98.8 cm³/mol. The van der Waals surface area contributed by atoms with Gasteiger partial charge >= 0.3 is 0 Å². The fourth-order valence-electron chi connectivity index (χ4n) is 5.15. The molecule has 3 fully saturated rings. The third kappa shape index (κ3) is 2.70. The number of benzene rings is 1. The first-order valence-corrected chi connectivity index (χ1v) is 9.66. The van der Waals surface area contributed by atoms with Crippen LogP contribution in [0.15, 0.2) is 30.3 Å². The topological polar surface area (TPSA) is 108 Å². The smallest absolute Gasteiger partial charge is 0.246 e. The maximum absolute atomic E-state index is 13.2. The number of amides is 3. The SMILES string of the molecule is CNC(=O)[C@@H]1[C@@H]2CCC3(O2)C(C(=O)NCc2ccccc2)N(CCO)C(=O)[C@H]13. The lowest BCUT2D eigenvalue weighted by atomic mass is 9.70. The lowest BCUT2D eigenvalue weighted by molar-refractivity contribution is -0.142. The maximum Gasteiger partial charge on any atom is 0.246 e. The first-order valence-electron chi connectivity index (χ1n) is 9.66. The van der Waals surface area contributed by atoms with E-state index in [1.807, 2.05) is 30.3 Å². The van der Waals surface area contributed by atoms with E-state index in [9.17, 15) is 19.5 Å². The van der Waals surface area contributed by atoms with E-state index < -0.39 is 23.5 Å². The largest absolute Gasteiger partial charge is 0.395 e. The molecular weight excluding hydrogens is 362 g/mol. The Morgan fingerprint density at radius 2 is 2.04 bits per heavy atom. The summed E-state index contributed by atoms with van der Waals surface area (Å²) in [6.45, 7) is 0.112. The molecule has 0 saturated carbocycles. The summed E-state index contributed by atoms with van der Waals surface area (Å²) in [6, 6.07) is 8.65. The van der Waals surface area contributed by atoms with Crippen LogP contribution in [0, 0.1) is 11.8 Å². The van der Waals surface area contributed by atoms with Crippen molar-refractivity contribution >= 4 is 17.7 Å². The second kappa shape index (κ2) is 7.18. The van der Waals surface area contributed by atoms with Gasteiger partial charge in [0.05, 0.1) is 24.5 Å². The summed E-state index contributed by atoms with van der Waals surface area (Å²) in [7, 11) is 1.54. The molecule has 150 valence electrons. The molecule has 5 atom stereocenters. The van der Waals surface area contributed by atoms with Crippen LogP contribution in [-0.2, 0) is 25.7 Å². The van der Waals surface area contributed by atoms with E-state index in [1.165, 1.54) is 11.9 Å². The van der Waals surface area contributed by atoms with Crippen molar-refractivity contribution in [3.05, 3.63) is 35.9 Å². The van der Waals surface area contributed by atoms with Crippen molar-refractivity contribution in [1.29, 1.82) is 0 Å². The molecule has 0 aromatic heterocycles. The number of aliphatic hydroxyl groups is 1. The van der Waals surface area contributed by atoms with Crippen molar-refractivity contribution < 1.29 is 24.2 Å². The van der Waals surface area contributed by atoms with E-state index in [0.717, 1.165) is 5.56 Å². The predicted octanol–water partition coefficient (Wildman–Crippen LogP) is -0.584. The normalized spacial score (nSPS) is 33.1. The summed E-state index contributed by atoms with van der Waals surface area (Å²) < 4.78 is 6.19. The number of β-amino-alcohol motifs (C(OH)–C–C–N with tert-alkyl or cyclic N) is 1. The van der Waals surface area contributed by atoms with Gasteiger partial charge in [0.1, 0.15) is 11.6 Å². The van der Waals surface area contributed by atoms with Gasteiger partial charge in [-0.1, -0.05) is 30.3 Å². The molecule has 0 aliphatic carbocycles. The van der Waals surface area contributed by atoms with Gasteiger partial charge in [-0.25, -0.2) is 0 Å². The van der Waals surface area contributed by atoms with Crippen molar-refractivity contribution in [2.24, 2.45) is 11.8 Å². The lowest BCUT2D eigenvalue weighted by Crippen LogP contribution is -2.55. The van der Waals surface area contributed by atoms with Gasteiger partial charge in [0.2, 0.25) is 17.7 Å². The molecule has 3 aliphatic rings. The minimum Gasteiger partial charge on any atom is -0.395 e. The molecule has 3 N–H and O–H groups in total. The Labute approximate surface area is 163 Å². The number of aliphatic hydroxyl groups excluding tert-OH is 1. The molecule has 3 saturated heterocycles. The summed E-state index contributed by atoms with van der Waals surface area (Å²) in [5, 5.41) is 15.0. The van der Waals surface area contributed by atoms with Crippen LogP contribution in [0.2, 0.25) is 0 Å². The van der Waals surface area contributed by atoms with Gasteiger partial charge < -0.3 is 25.4 Å². The number of hydrogen-bond acceptors (Lipinski definition) is 5. The Hall–Kier alpha value is -2.45.